The molecule has 7 heteroatoms. The predicted octanol–water partition coefficient (Wildman–Crippen LogP) is 4.26. The van der Waals surface area contributed by atoms with Crippen LogP contribution in [0.3, 0.4) is 0 Å². The summed E-state index contributed by atoms with van der Waals surface area (Å²) in [5.74, 6) is 0.463. The highest BCUT2D eigenvalue weighted by Crippen LogP contribution is 2.33. The third kappa shape index (κ3) is 3.78. The van der Waals surface area contributed by atoms with Crippen molar-refractivity contribution >= 4 is 39.7 Å². The van der Waals surface area contributed by atoms with Crippen LogP contribution in [0.1, 0.15) is 21.3 Å². The normalized spacial score (nSPS) is 16.8. The van der Waals surface area contributed by atoms with Crippen molar-refractivity contribution in [3.8, 4) is 5.75 Å². The smallest absolute Gasteiger partial charge is 0.264 e. The molecule has 1 aliphatic heterocycles. The summed E-state index contributed by atoms with van der Waals surface area (Å²) >= 11 is 1.41. The number of hydrogen-bond acceptors (Lipinski definition) is 4. The molecule has 1 saturated heterocycles. The number of rotatable bonds is 3. The van der Waals surface area contributed by atoms with Crippen molar-refractivity contribution in [3.05, 3.63) is 64.8 Å². The average Bonchev–Trinajstić information content (AvgIpc) is 3.10. The van der Waals surface area contributed by atoms with E-state index in [4.69, 9.17) is 4.74 Å². The number of nitrogens with zero attached hydrogens (tertiary/aromatic N) is 1. The second-order valence-electron chi connectivity index (χ2n) is 6.25. The van der Waals surface area contributed by atoms with Crippen molar-refractivity contribution in [1.29, 1.82) is 0 Å². The van der Waals surface area contributed by atoms with Gasteiger partial charge in [0.05, 0.1) is 18.0 Å². The zero-order valence-electron chi connectivity index (χ0n) is 14.8. The van der Waals surface area contributed by atoms with Crippen molar-refractivity contribution in [3.63, 3.8) is 0 Å². The first-order valence-corrected chi connectivity index (χ1v) is 9.33. The van der Waals surface area contributed by atoms with Crippen LogP contribution >= 0.6 is 23.7 Å². The van der Waals surface area contributed by atoms with Gasteiger partial charge in [0.25, 0.3) is 5.91 Å². The van der Waals surface area contributed by atoms with E-state index in [0.29, 0.717) is 18.0 Å². The van der Waals surface area contributed by atoms with Gasteiger partial charge in [-0.25, -0.2) is 4.39 Å². The molecule has 0 radical (unpaired) electrons. The predicted molar refractivity (Wildman–Crippen MR) is 109 cm³/mol. The van der Waals surface area contributed by atoms with Crippen molar-refractivity contribution in [1.82, 2.24) is 10.2 Å². The Morgan fingerprint density at radius 3 is 2.89 bits per heavy atom. The number of amides is 1. The fourth-order valence-electron chi connectivity index (χ4n) is 3.43. The molecule has 2 heterocycles. The molecule has 0 bridgehead atoms. The summed E-state index contributed by atoms with van der Waals surface area (Å²) in [7, 11) is 1.64. The number of piperazine rings is 1. The van der Waals surface area contributed by atoms with Gasteiger partial charge in [-0.3, -0.25) is 4.79 Å². The first-order valence-electron chi connectivity index (χ1n) is 8.51. The van der Waals surface area contributed by atoms with Gasteiger partial charge in [0.15, 0.2) is 0 Å². The number of carbonyl (C=O) groups excluding carboxylic acids is 1. The average molecular weight is 407 g/mol. The van der Waals surface area contributed by atoms with E-state index in [1.807, 2.05) is 29.2 Å². The highest BCUT2D eigenvalue weighted by molar-refractivity contribution is 7.20. The molecule has 1 fully saturated rings. The van der Waals surface area contributed by atoms with E-state index in [0.717, 1.165) is 27.9 Å². The highest BCUT2D eigenvalue weighted by Gasteiger charge is 2.31. The molecule has 0 aliphatic carbocycles. The molecule has 1 aliphatic rings. The minimum atomic E-state index is -0.289. The Hall–Kier alpha value is -2.15. The molecular formula is C20H20ClFN2O2S. The van der Waals surface area contributed by atoms with Crippen LogP contribution in [0.2, 0.25) is 0 Å². The Morgan fingerprint density at radius 1 is 1.26 bits per heavy atom. The second-order valence-corrected chi connectivity index (χ2v) is 7.34. The maximum absolute atomic E-state index is 13.5. The van der Waals surface area contributed by atoms with Crippen molar-refractivity contribution in [2.45, 2.75) is 6.04 Å². The monoisotopic (exact) mass is 406 g/mol. The summed E-state index contributed by atoms with van der Waals surface area (Å²) in [5, 5.41) is 4.13. The number of hydrogen-bond donors (Lipinski definition) is 1. The zero-order chi connectivity index (χ0) is 18.1. The lowest BCUT2D eigenvalue weighted by molar-refractivity contribution is 0.0637. The number of nitrogens with one attached hydrogen (secondary N) is 1. The van der Waals surface area contributed by atoms with Gasteiger partial charge in [-0.1, -0.05) is 18.2 Å². The first kappa shape index (κ1) is 19.6. The number of benzene rings is 2. The Kier molecular flexibility index (Phi) is 5.99. The number of fused-ring (bicyclic) bond motifs is 1. The largest absolute Gasteiger partial charge is 0.496 e. The maximum Gasteiger partial charge on any atom is 0.264 e. The molecule has 2 aromatic carbocycles. The highest BCUT2D eigenvalue weighted by atomic mass is 35.5. The third-order valence-corrected chi connectivity index (χ3v) is 5.80. The van der Waals surface area contributed by atoms with Gasteiger partial charge in [-0.2, -0.15) is 0 Å². The molecule has 0 saturated carbocycles. The number of halogens is 2. The molecule has 1 unspecified atom stereocenters. The Morgan fingerprint density at radius 2 is 2.07 bits per heavy atom. The van der Waals surface area contributed by atoms with Gasteiger partial charge >= 0.3 is 0 Å². The van der Waals surface area contributed by atoms with Gasteiger partial charge in [-0.05, 0) is 35.7 Å². The van der Waals surface area contributed by atoms with E-state index in [9.17, 15) is 9.18 Å². The van der Waals surface area contributed by atoms with E-state index < -0.39 is 0 Å². The van der Waals surface area contributed by atoms with E-state index in [2.05, 4.69) is 5.32 Å². The molecule has 1 amide bonds. The zero-order valence-corrected chi connectivity index (χ0v) is 16.4. The molecule has 142 valence electrons. The molecule has 1 N–H and O–H groups in total. The molecule has 3 aromatic rings. The summed E-state index contributed by atoms with van der Waals surface area (Å²) in [6.45, 7) is 2.03. The summed E-state index contributed by atoms with van der Waals surface area (Å²) in [5.41, 5.74) is 0.989. The van der Waals surface area contributed by atoms with Crippen LogP contribution in [-0.4, -0.2) is 37.6 Å². The van der Waals surface area contributed by atoms with E-state index >= 15 is 0 Å². The van der Waals surface area contributed by atoms with Crippen LogP contribution in [0.15, 0.2) is 48.5 Å². The Balaban J connectivity index is 0.00000210. The molecule has 0 spiro atoms. The van der Waals surface area contributed by atoms with Gasteiger partial charge < -0.3 is 15.0 Å². The van der Waals surface area contributed by atoms with Gasteiger partial charge in [0.2, 0.25) is 0 Å². The Bertz CT molecular complexity index is 962. The first-order chi connectivity index (χ1) is 12.7. The van der Waals surface area contributed by atoms with Crippen LogP contribution in [0.5, 0.6) is 5.75 Å². The van der Waals surface area contributed by atoms with Crippen LogP contribution in [0.25, 0.3) is 10.1 Å². The number of methoxy groups -OCH3 is 1. The Labute approximate surface area is 167 Å². The standard InChI is InChI=1S/C20H19FN2O2S.ClH/c1-25-17-5-3-2-4-15(17)16-12-22-8-9-23(16)20(24)19-11-13-10-14(21)6-7-18(13)26-19;/h2-7,10-11,16,22H,8-9,12H2,1H3;1H. The lowest BCUT2D eigenvalue weighted by atomic mass is 10.0. The summed E-state index contributed by atoms with van der Waals surface area (Å²) in [6.07, 6.45) is 0. The number of thiophene rings is 1. The number of ether oxygens (including phenoxy) is 1. The minimum absolute atomic E-state index is 0. The van der Waals surface area contributed by atoms with Crippen molar-refractivity contribution in [2.75, 3.05) is 26.7 Å². The summed E-state index contributed by atoms with van der Waals surface area (Å²) in [6, 6.07) is 14.1. The second kappa shape index (κ2) is 8.25. The quantitative estimate of drug-likeness (QED) is 0.706. The minimum Gasteiger partial charge on any atom is -0.496 e. The summed E-state index contributed by atoms with van der Waals surface area (Å²) in [4.78, 5) is 15.7. The van der Waals surface area contributed by atoms with Crippen molar-refractivity contribution in [2.24, 2.45) is 0 Å². The maximum atomic E-state index is 13.5. The molecule has 1 aromatic heterocycles. The van der Waals surface area contributed by atoms with Gasteiger partial charge in [0.1, 0.15) is 11.6 Å². The lowest BCUT2D eigenvalue weighted by Gasteiger charge is -2.36. The van der Waals surface area contributed by atoms with Gasteiger partial charge in [-0.15, -0.1) is 23.7 Å². The van der Waals surface area contributed by atoms with E-state index in [-0.39, 0.29) is 30.2 Å². The molecule has 4 nitrogen and oxygen atoms in total. The molecule has 1 atom stereocenters. The molecular weight excluding hydrogens is 387 g/mol. The van der Waals surface area contributed by atoms with Crippen LogP contribution < -0.4 is 10.1 Å². The number of para-hydroxylation sites is 1. The SMILES string of the molecule is COc1ccccc1C1CNCCN1C(=O)c1cc2cc(F)ccc2s1.Cl. The fourth-order valence-corrected chi connectivity index (χ4v) is 4.43. The van der Waals surface area contributed by atoms with E-state index in [1.54, 1.807) is 19.2 Å². The topological polar surface area (TPSA) is 41.6 Å². The lowest BCUT2D eigenvalue weighted by Crippen LogP contribution is -2.48. The van der Waals surface area contributed by atoms with Gasteiger partial charge in [0, 0.05) is 29.9 Å². The fraction of sp³-hybridized carbons (Fsp3) is 0.250. The molecule has 4 rings (SSSR count). The molecule has 27 heavy (non-hydrogen) atoms. The van der Waals surface area contributed by atoms with Crippen LogP contribution in [-0.2, 0) is 0 Å². The van der Waals surface area contributed by atoms with Crippen LogP contribution in [0.4, 0.5) is 4.39 Å². The third-order valence-electron chi connectivity index (χ3n) is 4.69. The van der Waals surface area contributed by atoms with Crippen molar-refractivity contribution < 1.29 is 13.9 Å². The van der Waals surface area contributed by atoms with Crippen LogP contribution in [0, 0.1) is 5.82 Å². The van der Waals surface area contributed by atoms with E-state index in [1.165, 1.54) is 23.5 Å². The summed E-state index contributed by atoms with van der Waals surface area (Å²) < 4.78 is 19.9. The number of carbonyl (C=O) groups is 1.